The summed E-state index contributed by atoms with van der Waals surface area (Å²) in [5.41, 5.74) is 0. The van der Waals surface area contributed by atoms with E-state index in [1.54, 1.807) is 12.4 Å². The highest BCUT2D eigenvalue weighted by Crippen LogP contribution is 2.19. The first-order chi connectivity index (χ1) is 12.6. The van der Waals surface area contributed by atoms with E-state index in [0.717, 1.165) is 38.8 Å². The second kappa shape index (κ2) is 11.4. The van der Waals surface area contributed by atoms with E-state index in [1.165, 1.54) is 35.5 Å². The van der Waals surface area contributed by atoms with Gasteiger partial charge in [0.25, 0.3) is 0 Å². The molecule has 142 valence electrons. The van der Waals surface area contributed by atoms with Crippen LogP contribution < -0.4 is 0 Å². The summed E-state index contributed by atoms with van der Waals surface area (Å²) < 4.78 is 1.12. The summed E-state index contributed by atoms with van der Waals surface area (Å²) in [6.45, 7) is 1.53. The van der Waals surface area contributed by atoms with Crippen molar-refractivity contribution in [3.63, 3.8) is 0 Å². The summed E-state index contributed by atoms with van der Waals surface area (Å²) in [5.74, 6) is 0.201. The molecular weight excluding hydrogens is 408 g/mol. The number of unbranched alkanes of at least 4 members (excludes halogenated alkanes) is 5. The van der Waals surface area contributed by atoms with Crippen LogP contribution in [0.15, 0.2) is 9.98 Å². The average Bonchev–Trinajstić information content (AvgIpc) is 3.08. The van der Waals surface area contributed by atoms with Crippen molar-refractivity contribution in [2.24, 2.45) is 9.98 Å². The SMILES string of the molecule is Oc1[nH]c(=S)sc1C=NCCCCCCCCN=Cc1sc(=S)[nH]c1O. The Kier molecular flexibility index (Phi) is 9.16. The molecule has 2 heterocycles. The van der Waals surface area contributed by atoms with E-state index in [-0.39, 0.29) is 11.8 Å². The number of nitrogens with one attached hydrogen (secondary N) is 2. The number of hydrogen-bond donors (Lipinski definition) is 4. The second-order valence-corrected chi connectivity index (χ2v) is 9.08. The van der Waals surface area contributed by atoms with Gasteiger partial charge in [-0.25, -0.2) is 0 Å². The number of aromatic hydroxyl groups is 2. The molecule has 0 amide bonds. The normalized spacial score (nSPS) is 11.8. The van der Waals surface area contributed by atoms with Crippen LogP contribution in [0, 0.1) is 7.91 Å². The Labute approximate surface area is 170 Å². The van der Waals surface area contributed by atoms with E-state index >= 15 is 0 Å². The maximum Gasteiger partial charge on any atom is 0.209 e. The number of nitrogens with zero attached hydrogens (tertiary/aromatic N) is 2. The summed E-state index contributed by atoms with van der Waals surface area (Å²) in [4.78, 5) is 15.4. The predicted molar refractivity (Wildman–Crippen MR) is 115 cm³/mol. The van der Waals surface area contributed by atoms with E-state index in [4.69, 9.17) is 24.4 Å². The van der Waals surface area contributed by atoms with Crippen molar-refractivity contribution in [2.75, 3.05) is 13.1 Å². The Balaban J connectivity index is 1.47. The average molecular weight is 431 g/mol. The van der Waals surface area contributed by atoms with E-state index in [1.807, 2.05) is 0 Å². The van der Waals surface area contributed by atoms with Crippen molar-refractivity contribution in [3.05, 3.63) is 17.7 Å². The van der Waals surface area contributed by atoms with Gasteiger partial charge in [-0.05, 0) is 37.3 Å². The van der Waals surface area contributed by atoms with Gasteiger partial charge in [-0.2, -0.15) is 0 Å². The van der Waals surface area contributed by atoms with Crippen LogP contribution in [0.5, 0.6) is 11.8 Å². The Morgan fingerprint density at radius 2 is 1.12 bits per heavy atom. The van der Waals surface area contributed by atoms with E-state index in [2.05, 4.69) is 20.0 Å². The van der Waals surface area contributed by atoms with Gasteiger partial charge in [0.05, 0.1) is 0 Å². The standard InChI is InChI=1S/C16H22N4O2S4/c21-13-11(25-15(23)19-13)9-17-7-5-3-1-2-4-6-8-18-10-12-14(22)20-16(24)26-12/h9-10,21-22H,1-8H2,(H,19,23)(H,20,24). The number of rotatable bonds is 11. The third-order valence-electron chi connectivity index (χ3n) is 3.55. The summed E-state index contributed by atoms with van der Waals surface area (Å²) in [6, 6.07) is 0. The zero-order valence-corrected chi connectivity index (χ0v) is 17.5. The number of thiazole rings is 2. The van der Waals surface area contributed by atoms with Crippen LogP contribution in [-0.4, -0.2) is 45.7 Å². The molecule has 4 N–H and O–H groups in total. The van der Waals surface area contributed by atoms with Gasteiger partial charge < -0.3 is 20.2 Å². The molecule has 0 fully saturated rings. The molecule has 0 aliphatic heterocycles. The van der Waals surface area contributed by atoms with Crippen molar-refractivity contribution < 1.29 is 10.2 Å². The van der Waals surface area contributed by atoms with Crippen molar-refractivity contribution in [1.29, 1.82) is 0 Å². The minimum Gasteiger partial charge on any atom is -0.494 e. The minimum absolute atomic E-state index is 0.100. The van der Waals surface area contributed by atoms with Gasteiger partial charge in [-0.3, -0.25) is 9.98 Å². The highest BCUT2D eigenvalue weighted by atomic mass is 32.2. The number of aromatic amines is 2. The lowest BCUT2D eigenvalue weighted by molar-refractivity contribution is 0.455. The molecule has 0 aromatic carbocycles. The maximum atomic E-state index is 9.54. The minimum atomic E-state index is 0.100. The van der Waals surface area contributed by atoms with Crippen LogP contribution in [0.4, 0.5) is 0 Å². The Morgan fingerprint density at radius 1 is 0.731 bits per heavy atom. The van der Waals surface area contributed by atoms with Crippen molar-refractivity contribution in [3.8, 4) is 11.8 Å². The third kappa shape index (κ3) is 7.48. The second-order valence-electron chi connectivity index (χ2n) is 5.65. The van der Waals surface area contributed by atoms with Crippen molar-refractivity contribution >= 4 is 59.5 Å². The molecule has 10 heteroatoms. The Hall–Kier alpha value is -1.36. The molecule has 0 aliphatic rings. The topological polar surface area (TPSA) is 96.8 Å². The van der Waals surface area contributed by atoms with Gasteiger partial charge in [0.2, 0.25) is 11.8 Å². The van der Waals surface area contributed by atoms with Crippen LogP contribution in [0.3, 0.4) is 0 Å². The monoisotopic (exact) mass is 430 g/mol. The smallest absolute Gasteiger partial charge is 0.209 e. The molecular formula is C16H22N4O2S4. The van der Waals surface area contributed by atoms with Crippen LogP contribution >= 0.6 is 47.1 Å². The molecule has 0 bridgehead atoms. The van der Waals surface area contributed by atoms with Gasteiger partial charge in [-0.1, -0.05) is 48.4 Å². The number of aliphatic imine (C=N–C) groups is 2. The van der Waals surface area contributed by atoms with Crippen molar-refractivity contribution in [2.45, 2.75) is 38.5 Å². The van der Waals surface area contributed by atoms with Gasteiger partial charge in [0.15, 0.2) is 7.91 Å². The zero-order valence-electron chi connectivity index (χ0n) is 14.2. The molecule has 26 heavy (non-hydrogen) atoms. The summed E-state index contributed by atoms with van der Waals surface area (Å²) in [6.07, 6.45) is 10.1. The van der Waals surface area contributed by atoms with Crippen LogP contribution in [0.25, 0.3) is 0 Å². The van der Waals surface area contributed by atoms with Gasteiger partial charge in [0.1, 0.15) is 9.75 Å². The highest BCUT2D eigenvalue weighted by Gasteiger charge is 2.01. The number of aromatic nitrogens is 2. The fraction of sp³-hybridized carbons (Fsp3) is 0.500. The lowest BCUT2D eigenvalue weighted by atomic mass is 10.1. The Bertz CT molecular complexity index is 777. The first-order valence-corrected chi connectivity index (χ1v) is 10.8. The van der Waals surface area contributed by atoms with Gasteiger partial charge >= 0.3 is 0 Å². The third-order valence-corrected chi connectivity index (χ3v) is 5.87. The van der Waals surface area contributed by atoms with E-state index in [9.17, 15) is 10.2 Å². The van der Waals surface area contributed by atoms with Crippen LogP contribution in [-0.2, 0) is 0 Å². The van der Waals surface area contributed by atoms with E-state index < -0.39 is 0 Å². The fourth-order valence-corrected chi connectivity index (χ4v) is 4.22. The molecule has 2 aromatic heterocycles. The highest BCUT2D eigenvalue weighted by molar-refractivity contribution is 7.73. The summed E-state index contributed by atoms with van der Waals surface area (Å²) in [5, 5.41) is 19.1. The molecule has 2 rings (SSSR count). The molecule has 0 aliphatic carbocycles. The van der Waals surface area contributed by atoms with Crippen LogP contribution in [0.2, 0.25) is 0 Å². The molecule has 2 aromatic rings. The lowest BCUT2D eigenvalue weighted by Crippen LogP contribution is -1.87. The first kappa shape index (κ1) is 20.9. The fourth-order valence-electron chi connectivity index (χ4n) is 2.25. The molecule has 0 unspecified atom stereocenters. The number of H-pyrrole nitrogens is 2. The number of hydrogen-bond acceptors (Lipinski definition) is 8. The molecule has 0 saturated carbocycles. The van der Waals surface area contributed by atoms with Crippen molar-refractivity contribution in [1.82, 2.24) is 9.97 Å². The predicted octanol–water partition coefficient (Wildman–Crippen LogP) is 5.21. The molecule has 6 nitrogen and oxygen atoms in total. The zero-order chi connectivity index (χ0) is 18.8. The molecule has 0 saturated heterocycles. The quantitative estimate of drug-likeness (QED) is 0.223. The first-order valence-electron chi connectivity index (χ1n) is 8.40. The molecule has 0 spiro atoms. The van der Waals surface area contributed by atoms with E-state index in [0.29, 0.717) is 17.7 Å². The Morgan fingerprint density at radius 3 is 1.46 bits per heavy atom. The van der Waals surface area contributed by atoms with Gasteiger partial charge in [-0.15, -0.1) is 0 Å². The van der Waals surface area contributed by atoms with Crippen LogP contribution in [0.1, 0.15) is 48.3 Å². The maximum absolute atomic E-state index is 9.54. The summed E-state index contributed by atoms with van der Waals surface area (Å²) in [7, 11) is 0. The largest absolute Gasteiger partial charge is 0.494 e. The van der Waals surface area contributed by atoms with Gasteiger partial charge in [0, 0.05) is 25.5 Å². The summed E-state index contributed by atoms with van der Waals surface area (Å²) >= 11 is 12.6. The molecule has 0 atom stereocenters. The molecule has 0 radical (unpaired) electrons. The lowest BCUT2D eigenvalue weighted by Gasteiger charge is -1.99.